The molecular weight excluding hydrogens is 324 g/mol. The molecule has 0 aliphatic heterocycles. The van der Waals surface area contributed by atoms with Crippen LogP contribution in [0.5, 0.6) is 5.75 Å². The maximum atomic E-state index is 11.7. The lowest BCUT2D eigenvalue weighted by atomic mass is 10.2. The number of rotatable bonds is 5. The molecule has 3 rings (SSSR count). The van der Waals surface area contributed by atoms with Crippen LogP contribution in [-0.2, 0) is 4.79 Å². The Morgan fingerprint density at radius 3 is 2.77 bits per heavy atom. The third-order valence-corrected chi connectivity index (χ3v) is 3.60. The van der Waals surface area contributed by atoms with Crippen LogP contribution in [0.25, 0.3) is 17.0 Å². The Balaban J connectivity index is 1.44. The number of pyridine rings is 1. The van der Waals surface area contributed by atoms with Crippen LogP contribution >= 0.6 is 0 Å². The van der Waals surface area contributed by atoms with Gasteiger partial charge in [0.1, 0.15) is 17.9 Å². The summed E-state index contributed by atoms with van der Waals surface area (Å²) in [6.07, 6.45) is 4.99. The predicted octanol–water partition coefficient (Wildman–Crippen LogP) is 3.45. The molecule has 4 nitrogen and oxygen atoms in total. The quantitative estimate of drug-likeness (QED) is 0.571. The van der Waals surface area contributed by atoms with Gasteiger partial charge in [-0.25, -0.2) is 0 Å². The second kappa shape index (κ2) is 9.05. The van der Waals surface area contributed by atoms with Crippen LogP contribution in [0, 0.1) is 11.8 Å². The number of amides is 1. The third kappa shape index (κ3) is 4.96. The summed E-state index contributed by atoms with van der Waals surface area (Å²) in [6, 6.07) is 19.3. The smallest absolute Gasteiger partial charge is 0.244 e. The van der Waals surface area contributed by atoms with Crippen LogP contribution in [0.2, 0.25) is 0 Å². The lowest BCUT2D eigenvalue weighted by molar-refractivity contribution is -0.116. The van der Waals surface area contributed by atoms with E-state index in [1.165, 1.54) is 6.08 Å². The lowest BCUT2D eigenvalue weighted by Gasteiger charge is -2.05. The van der Waals surface area contributed by atoms with Gasteiger partial charge in [-0.3, -0.25) is 9.78 Å². The highest BCUT2D eigenvalue weighted by Gasteiger charge is 2.01. The summed E-state index contributed by atoms with van der Waals surface area (Å²) < 4.78 is 5.67. The van der Waals surface area contributed by atoms with Crippen LogP contribution in [0.4, 0.5) is 0 Å². The van der Waals surface area contributed by atoms with E-state index in [1.807, 2.05) is 60.7 Å². The summed E-state index contributed by atoms with van der Waals surface area (Å²) in [6.45, 7) is 0.514. The molecule has 26 heavy (non-hydrogen) atoms. The highest BCUT2D eigenvalue weighted by atomic mass is 16.5. The average Bonchev–Trinajstić information content (AvgIpc) is 2.70. The van der Waals surface area contributed by atoms with Gasteiger partial charge in [0.2, 0.25) is 5.91 Å². The molecule has 0 aliphatic rings. The van der Waals surface area contributed by atoms with Crippen molar-refractivity contribution in [1.82, 2.24) is 10.3 Å². The van der Waals surface area contributed by atoms with E-state index in [1.54, 1.807) is 12.3 Å². The van der Waals surface area contributed by atoms with E-state index in [9.17, 15) is 4.79 Å². The van der Waals surface area contributed by atoms with Gasteiger partial charge >= 0.3 is 0 Å². The van der Waals surface area contributed by atoms with Gasteiger partial charge in [-0.1, -0.05) is 60.4 Å². The van der Waals surface area contributed by atoms with E-state index in [0.717, 1.165) is 16.5 Å². The van der Waals surface area contributed by atoms with Gasteiger partial charge in [0, 0.05) is 17.7 Å². The Bertz CT molecular complexity index is 964. The molecule has 3 aromatic rings. The minimum Gasteiger partial charge on any atom is -0.479 e. The van der Waals surface area contributed by atoms with E-state index >= 15 is 0 Å². The summed E-state index contributed by atoms with van der Waals surface area (Å²) in [4.78, 5) is 16.0. The molecular formula is C22H18N2O2. The Morgan fingerprint density at radius 2 is 1.88 bits per heavy atom. The number of nitrogens with zero attached hydrogens (tertiary/aromatic N) is 1. The SMILES string of the molecule is O=C(/C=C/c1ccccc1)NCC#CCOc1cccc2cccnc12. The van der Waals surface area contributed by atoms with Gasteiger partial charge in [-0.15, -0.1) is 0 Å². The monoisotopic (exact) mass is 342 g/mol. The van der Waals surface area contributed by atoms with E-state index in [0.29, 0.717) is 5.75 Å². The first kappa shape index (κ1) is 17.2. The van der Waals surface area contributed by atoms with Gasteiger partial charge in [0.25, 0.3) is 0 Å². The Hall–Kier alpha value is -3.58. The fourth-order valence-corrected chi connectivity index (χ4v) is 2.35. The van der Waals surface area contributed by atoms with E-state index in [4.69, 9.17) is 4.74 Å². The fourth-order valence-electron chi connectivity index (χ4n) is 2.35. The fraction of sp³-hybridized carbons (Fsp3) is 0.0909. The predicted molar refractivity (Wildman–Crippen MR) is 103 cm³/mol. The number of aromatic nitrogens is 1. The van der Waals surface area contributed by atoms with Crippen LogP contribution in [0.3, 0.4) is 0 Å². The van der Waals surface area contributed by atoms with Crippen molar-refractivity contribution < 1.29 is 9.53 Å². The summed E-state index contributed by atoms with van der Waals surface area (Å²) in [7, 11) is 0. The summed E-state index contributed by atoms with van der Waals surface area (Å²) in [5.41, 5.74) is 1.79. The van der Waals surface area contributed by atoms with Gasteiger partial charge in [0.15, 0.2) is 0 Å². The number of para-hydroxylation sites is 1. The van der Waals surface area contributed by atoms with E-state index < -0.39 is 0 Å². The minimum absolute atomic E-state index is 0.178. The molecule has 0 saturated heterocycles. The number of carbonyl (C=O) groups excluding carboxylic acids is 1. The van der Waals surface area contributed by atoms with Crippen molar-refractivity contribution in [3.63, 3.8) is 0 Å². The maximum Gasteiger partial charge on any atom is 0.244 e. The Labute approximate surface area is 152 Å². The number of hydrogen-bond acceptors (Lipinski definition) is 3. The normalized spacial score (nSPS) is 10.3. The number of benzene rings is 2. The second-order valence-corrected chi connectivity index (χ2v) is 5.44. The first-order valence-corrected chi connectivity index (χ1v) is 8.26. The van der Waals surface area contributed by atoms with Crippen molar-refractivity contribution in [2.45, 2.75) is 0 Å². The molecule has 0 spiro atoms. The third-order valence-electron chi connectivity index (χ3n) is 3.60. The molecule has 0 fully saturated rings. The van der Waals surface area contributed by atoms with Crippen molar-refractivity contribution >= 4 is 22.9 Å². The second-order valence-electron chi connectivity index (χ2n) is 5.44. The summed E-state index contributed by atoms with van der Waals surface area (Å²) >= 11 is 0. The van der Waals surface area contributed by atoms with Crippen LogP contribution in [0.15, 0.2) is 72.9 Å². The highest BCUT2D eigenvalue weighted by molar-refractivity contribution is 5.91. The zero-order valence-corrected chi connectivity index (χ0v) is 14.2. The molecule has 0 saturated carbocycles. The lowest BCUT2D eigenvalue weighted by Crippen LogP contribution is -2.21. The molecule has 4 heteroatoms. The zero-order valence-electron chi connectivity index (χ0n) is 14.2. The molecule has 2 aromatic carbocycles. The summed E-state index contributed by atoms with van der Waals surface area (Å²) in [5.74, 6) is 6.28. The zero-order chi connectivity index (χ0) is 18.0. The van der Waals surface area contributed by atoms with Crippen molar-refractivity contribution in [2.24, 2.45) is 0 Å². The Kier molecular flexibility index (Phi) is 6.00. The number of ether oxygens (including phenoxy) is 1. The largest absolute Gasteiger partial charge is 0.479 e. The molecule has 0 radical (unpaired) electrons. The maximum absolute atomic E-state index is 11.7. The number of nitrogens with one attached hydrogen (secondary N) is 1. The van der Waals surface area contributed by atoms with Crippen LogP contribution < -0.4 is 10.1 Å². The molecule has 0 aliphatic carbocycles. The van der Waals surface area contributed by atoms with E-state index in [2.05, 4.69) is 22.1 Å². The van der Waals surface area contributed by atoms with Gasteiger partial charge in [-0.05, 0) is 23.8 Å². The molecule has 1 aromatic heterocycles. The van der Waals surface area contributed by atoms with Crippen molar-refractivity contribution in [3.05, 3.63) is 78.5 Å². The molecule has 1 N–H and O–H groups in total. The molecule has 0 atom stereocenters. The summed E-state index contributed by atoms with van der Waals surface area (Å²) in [5, 5.41) is 3.74. The Morgan fingerprint density at radius 1 is 1.04 bits per heavy atom. The number of carbonyl (C=O) groups is 1. The average molecular weight is 342 g/mol. The standard InChI is InChI=1S/C22H18N2O2/c25-21(14-13-18-8-2-1-3-9-18)23-15-4-5-17-26-20-12-6-10-19-11-7-16-24-22(19)20/h1-3,6-14,16H,15,17H2,(H,23,25)/b14-13+. The van der Waals surface area contributed by atoms with Gasteiger partial charge in [-0.2, -0.15) is 0 Å². The molecule has 0 unspecified atom stereocenters. The number of fused-ring (bicyclic) bond motifs is 1. The topological polar surface area (TPSA) is 51.2 Å². The highest BCUT2D eigenvalue weighted by Crippen LogP contribution is 2.22. The van der Waals surface area contributed by atoms with Crippen LogP contribution in [0.1, 0.15) is 5.56 Å². The number of hydrogen-bond donors (Lipinski definition) is 1. The van der Waals surface area contributed by atoms with Crippen LogP contribution in [-0.4, -0.2) is 24.0 Å². The molecule has 128 valence electrons. The van der Waals surface area contributed by atoms with Gasteiger partial charge in [0.05, 0.1) is 6.54 Å². The van der Waals surface area contributed by atoms with E-state index in [-0.39, 0.29) is 19.1 Å². The molecule has 1 heterocycles. The first-order chi connectivity index (χ1) is 12.8. The van der Waals surface area contributed by atoms with Gasteiger partial charge < -0.3 is 10.1 Å². The molecule has 0 bridgehead atoms. The van der Waals surface area contributed by atoms with Crippen molar-refractivity contribution in [2.75, 3.05) is 13.2 Å². The van der Waals surface area contributed by atoms with Crippen molar-refractivity contribution in [1.29, 1.82) is 0 Å². The van der Waals surface area contributed by atoms with Crippen molar-refractivity contribution in [3.8, 4) is 17.6 Å². The first-order valence-electron chi connectivity index (χ1n) is 8.26. The minimum atomic E-state index is -0.178. The molecule has 1 amide bonds.